The fourth-order valence-electron chi connectivity index (χ4n) is 4.50. The molecule has 8 nitrogen and oxygen atoms in total. The summed E-state index contributed by atoms with van der Waals surface area (Å²) in [5.41, 5.74) is 4.92. The van der Waals surface area contributed by atoms with Gasteiger partial charge in [0.15, 0.2) is 0 Å². The van der Waals surface area contributed by atoms with Crippen molar-refractivity contribution in [3.8, 4) is 16.9 Å². The van der Waals surface area contributed by atoms with Gasteiger partial charge < -0.3 is 19.2 Å². The van der Waals surface area contributed by atoms with Crippen molar-refractivity contribution in [3.05, 3.63) is 83.6 Å². The smallest absolute Gasteiger partial charge is 0.310 e. The molecule has 43 heavy (non-hydrogen) atoms. The number of carbonyl (C=O) groups is 2. The number of alkyl halides is 1. The van der Waals surface area contributed by atoms with E-state index in [1.54, 1.807) is 37.5 Å². The molecule has 1 unspecified atom stereocenters. The van der Waals surface area contributed by atoms with E-state index in [1.165, 1.54) is 6.92 Å². The molecule has 0 aliphatic heterocycles. The van der Waals surface area contributed by atoms with Crippen LogP contribution in [0.2, 0.25) is 0 Å². The van der Waals surface area contributed by atoms with Gasteiger partial charge in [-0.1, -0.05) is 24.3 Å². The lowest BCUT2D eigenvalue weighted by molar-refractivity contribution is -0.142. The van der Waals surface area contributed by atoms with Crippen LogP contribution in [-0.2, 0) is 38.3 Å². The third-order valence-corrected chi connectivity index (χ3v) is 8.20. The highest BCUT2D eigenvalue weighted by Gasteiger charge is 2.24. The van der Waals surface area contributed by atoms with E-state index < -0.39 is 28.4 Å². The average Bonchev–Trinajstić information content (AvgIpc) is 3.43. The van der Waals surface area contributed by atoms with Crippen LogP contribution in [0.15, 0.2) is 71.3 Å². The number of esters is 1. The van der Waals surface area contributed by atoms with E-state index in [1.807, 2.05) is 57.2 Å². The summed E-state index contributed by atoms with van der Waals surface area (Å²) in [4.78, 5) is 23.9. The Morgan fingerprint density at radius 2 is 1.86 bits per heavy atom. The van der Waals surface area contributed by atoms with E-state index in [4.69, 9.17) is 13.9 Å². The van der Waals surface area contributed by atoms with Gasteiger partial charge in [-0.3, -0.25) is 9.59 Å². The Labute approximate surface area is 253 Å². The summed E-state index contributed by atoms with van der Waals surface area (Å²) < 4.78 is 46.3. The van der Waals surface area contributed by atoms with Crippen molar-refractivity contribution >= 4 is 39.5 Å². The number of amides is 1. The fraction of sp³-hybridized carbons (Fsp3) is 0.333. The molecule has 10 heteroatoms. The maximum atomic E-state index is 14.1. The molecule has 0 radical (unpaired) electrons. The second-order valence-corrected chi connectivity index (χ2v) is 13.1. The minimum atomic E-state index is -1.45. The zero-order chi connectivity index (χ0) is 31.1. The van der Waals surface area contributed by atoms with E-state index in [2.05, 4.69) is 10.0 Å². The number of nitrogens with one attached hydrogen (secondary N) is 2. The SMILES string of the molecule is CCOC(=O)Cc1ccc(NC(C)=O)cc1OCc1cc(-c2cccc(C(CF)N[S@](=O)C(C)(C)C)c2)c2occc2c1. The molecule has 1 aromatic heterocycles. The van der Waals surface area contributed by atoms with Crippen molar-refractivity contribution in [2.45, 2.75) is 58.4 Å². The first-order valence-corrected chi connectivity index (χ1v) is 15.2. The molecule has 0 saturated carbocycles. The largest absolute Gasteiger partial charge is 0.489 e. The fourth-order valence-corrected chi connectivity index (χ4v) is 5.32. The molecule has 3 aromatic carbocycles. The Hall–Kier alpha value is -4.02. The number of fused-ring (bicyclic) bond motifs is 1. The number of anilines is 1. The Bertz CT molecular complexity index is 1630. The Morgan fingerprint density at radius 1 is 1.07 bits per heavy atom. The summed E-state index contributed by atoms with van der Waals surface area (Å²) in [6.07, 6.45) is 1.63. The van der Waals surface area contributed by atoms with Crippen LogP contribution in [0.25, 0.3) is 22.1 Å². The quantitative estimate of drug-likeness (QED) is 0.171. The highest BCUT2D eigenvalue weighted by atomic mass is 32.2. The lowest BCUT2D eigenvalue weighted by atomic mass is 9.97. The molecular weight excluding hydrogens is 571 g/mol. The highest BCUT2D eigenvalue weighted by Crippen LogP contribution is 2.34. The number of carbonyl (C=O) groups excluding carboxylic acids is 2. The maximum Gasteiger partial charge on any atom is 0.310 e. The average molecular weight is 609 g/mol. The topological polar surface area (TPSA) is 107 Å². The summed E-state index contributed by atoms with van der Waals surface area (Å²) in [5.74, 6) is -0.163. The van der Waals surface area contributed by atoms with Crippen LogP contribution >= 0.6 is 0 Å². The molecule has 2 atom stereocenters. The third-order valence-electron chi connectivity index (χ3n) is 6.59. The van der Waals surface area contributed by atoms with Gasteiger partial charge in [-0.2, -0.15) is 0 Å². The van der Waals surface area contributed by atoms with Crippen LogP contribution < -0.4 is 14.8 Å². The molecule has 1 amide bonds. The van der Waals surface area contributed by atoms with Crippen molar-refractivity contribution < 1.29 is 32.1 Å². The molecule has 4 rings (SSSR count). The standard InChI is InChI=1S/C33H37FN2O6S/c1-6-40-31(38)17-25-10-11-27(35-21(2)37)18-30(25)42-20-22-14-26-12-13-41-32(26)28(15-22)23-8-7-9-24(16-23)29(19-34)36-43(39)33(3,4)5/h7-16,18,29,36H,6,17,19-20H2,1-5H3,(H,35,37)/t29?,43-/m1/s1. The number of benzene rings is 3. The minimum Gasteiger partial charge on any atom is -0.489 e. The number of ether oxygens (including phenoxy) is 2. The first-order valence-electron chi connectivity index (χ1n) is 14.0. The minimum absolute atomic E-state index is 0.0199. The molecule has 0 saturated heterocycles. The van der Waals surface area contributed by atoms with Gasteiger partial charge in [-0.25, -0.2) is 13.3 Å². The molecule has 0 spiro atoms. The number of furan rings is 1. The maximum absolute atomic E-state index is 14.1. The second-order valence-electron chi connectivity index (χ2n) is 11.1. The van der Waals surface area contributed by atoms with Crippen LogP contribution in [0.5, 0.6) is 5.75 Å². The molecule has 0 bridgehead atoms. The lowest BCUT2D eigenvalue weighted by Crippen LogP contribution is -2.36. The monoisotopic (exact) mass is 608 g/mol. The van der Waals surface area contributed by atoms with E-state index >= 15 is 0 Å². The summed E-state index contributed by atoms with van der Waals surface area (Å²) in [7, 11) is -1.45. The van der Waals surface area contributed by atoms with Crippen molar-refractivity contribution in [2.24, 2.45) is 0 Å². The molecule has 0 aliphatic carbocycles. The van der Waals surface area contributed by atoms with Gasteiger partial charge in [0.1, 0.15) is 24.6 Å². The van der Waals surface area contributed by atoms with Gasteiger partial charge in [-0.15, -0.1) is 0 Å². The van der Waals surface area contributed by atoms with Gasteiger partial charge in [0, 0.05) is 35.2 Å². The molecule has 228 valence electrons. The molecule has 0 fully saturated rings. The number of halogens is 1. The van der Waals surface area contributed by atoms with Crippen LogP contribution in [0.4, 0.5) is 10.1 Å². The van der Waals surface area contributed by atoms with E-state index in [0.29, 0.717) is 28.1 Å². The summed E-state index contributed by atoms with van der Waals surface area (Å²) in [5, 5.41) is 3.60. The van der Waals surface area contributed by atoms with Crippen LogP contribution in [0.1, 0.15) is 57.4 Å². The molecule has 1 heterocycles. The number of rotatable bonds is 12. The van der Waals surface area contributed by atoms with Crippen molar-refractivity contribution in [1.29, 1.82) is 0 Å². The van der Waals surface area contributed by atoms with Crippen molar-refractivity contribution in [1.82, 2.24) is 4.72 Å². The molecule has 4 aromatic rings. The predicted octanol–water partition coefficient (Wildman–Crippen LogP) is 6.81. The van der Waals surface area contributed by atoms with E-state index in [0.717, 1.165) is 22.1 Å². The van der Waals surface area contributed by atoms with Crippen molar-refractivity contribution in [2.75, 3.05) is 18.6 Å². The lowest BCUT2D eigenvalue weighted by Gasteiger charge is -2.23. The second kappa shape index (κ2) is 14.0. The van der Waals surface area contributed by atoms with Crippen LogP contribution in [0, 0.1) is 0 Å². The zero-order valence-corrected chi connectivity index (χ0v) is 25.8. The molecule has 2 N–H and O–H groups in total. The predicted molar refractivity (Wildman–Crippen MR) is 167 cm³/mol. The number of hydrogen-bond donors (Lipinski definition) is 2. The summed E-state index contributed by atoms with van der Waals surface area (Å²) in [6, 6.07) is 17.6. The molecular formula is C33H37FN2O6S. The summed E-state index contributed by atoms with van der Waals surface area (Å²) in [6.45, 7) is 8.36. The Morgan fingerprint density at radius 3 is 2.56 bits per heavy atom. The zero-order valence-electron chi connectivity index (χ0n) is 25.0. The van der Waals surface area contributed by atoms with Crippen LogP contribution in [-0.4, -0.2) is 34.1 Å². The van der Waals surface area contributed by atoms with Gasteiger partial charge in [0.05, 0.1) is 41.1 Å². The molecule has 0 aliphatic rings. The number of hydrogen-bond acceptors (Lipinski definition) is 6. The van der Waals surface area contributed by atoms with Gasteiger partial charge in [0.25, 0.3) is 0 Å². The van der Waals surface area contributed by atoms with Crippen molar-refractivity contribution in [3.63, 3.8) is 0 Å². The van der Waals surface area contributed by atoms with Gasteiger partial charge in [0.2, 0.25) is 5.91 Å². The highest BCUT2D eigenvalue weighted by molar-refractivity contribution is 7.84. The first-order chi connectivity index (χ1) is 20.5. The van der Waals surface area contributed by atoms with Gasteiger partial charge >= 0.3 is 5.97 Å². The normalized spacial score (nSPS) is 13.0. The first kappa shape index (κ1) is 31.9. The van der Waals surface area contributed by atoms with Gasteiger partial charge in [-0.05, 0) is 74.7 Å². The Balaban J connectivity index is 1.65. The van der Waals surface area contributed by atoms with E-state index in [9.17, 15) is 18.2 Å². The van der Waals surface area contributed by atoms with Crippen LogP contribution in [0.3, 0.4) is 0 Å². The third kappa shape index (κ3) is 8.30. The summed E-state index contributed by atoms with van der Waals surface area (Å²) >= 11 is 0. The Kier molecular flexibility index (Phi) is 10.4. The van der Waals surface area contributed by atoms with E-state index in [-0.39, 0.29) is 31.5 Å².